The molecular weight excluding hydrogens is 337 g/mol. The molecule has 0 spiro atoms. The molecule has 0 radical (unpaired) electrons. The molecule has 2 aliphatic rings. The van der Waals surface area contributed by atoms with Gasteiger partial charge in [-0.25, -0.2) is 0 Å². The first kappa shape index (κ1) is 20.2. The van der Waals surface area contributed by atoms with Crippen molar-refractivity contribution in [2.75, 3.05) is 13.7 Å². The summed E-state index contributed by atoms with van der Waals surface area (Å²) < 4.78 is 5.42. The third kappa shape index (κ3) is 4.35. The predicted molar refractivity (Wildman–Crippen MR) is 94.0 cm³/mol. The highest BCUT2D eigenvalue weighted by atomic mass is 35.5. The second-order valence-electron chi connectivity index (χ2n) is 6.07. The number of hydrogen-bond acceptors (Lipinski definition) is 4. The van der Waals surface area contributed by atoms with E-state index < -0.39 is 0 Å². The van der Waals surface area contributed by atoms with Crippen LogP contribution in [0.4, 0.5) is 0 Å². The van der Waals surface area contributed by atoms with Crippen molar-refractivity contribution in [2.24, 2.45) is 11.7 Å². The van der Waals surface area contributed by atoms with E-state index in [1.54, 1.807) is 7.11 Å². The van der Waals surface area contributed by atoms with E-state index in [4.69, 9.17) is 10.5 Å². The highest BCUT2D eigenvalue weighted by molar-refractivity contribution is 5.85. The van der Waals surface area contributed by atoms with Crippen LogP contribution in [0.15, 0.2) is 18.3 Å². The van der Waals surface area contributed by atoms with Crippen molar-refractivity contribution >= 4 is 30.7 Å². The molecule has 1 aliphatic heterocycles. The van der Waals surface area contributed by atoms with E-state index in [9.17, 15) is 4.79 Å². The SMILES string of the molecule is CO[C@@H]1C[C@@H](C(=O)N2CCc3ncccc3C2)CC[C@H]1N.Cl.Cl. The molecule has 2 heterocycles. The lowest BCUT2D eigenvalue weighted by Crippen LogP contribution is -2.47. The lowest BCUT2D eigenvalue weighted by Gasteiger charge is -2.36. The summed E-state index contributed by atoms with van der Waals surface area (Å²) in [6, 6.07) is 4.06. The third-order valence-electron chi connectivity index (χ3n) is 4.77. The maximum absolute atomic E-state index is 12.7. The number of nitrogens with two attached hydrogens (primary N) is 1. The smallest absolute Gasteiger partial charge is 0.226 e. The highest BCUT2D eigenvalue weighted by Crippen LogP contribution is 2.28. The fraction of sp³-hybridized carbons (Fsp3) is 0.625. The number of nitrogens with zero attached hydrogens (tertiary/aromatic N) is 2. The van der Waals surface area contributed by atoms with E-state index >= 15 is 0 Å². The number of carbonyl (C=O) groups is 1. The van der Waals surface area contributed by atoms with Crippen LogP contribution in [0.5, 0.6) is 0 Å². The summed E-state index contributed by atoms with van der Waals surface area (Å²) in [4.78, 5) is 19.1. The van der Waals surface area contributed by atoms with Crippen molar-refractivity contribution in [3.8, 4) is 0 Å². The van der Waals surface area contributed by atoms with E-state index in [-0.39, 0.29) is 48.8 Å². The van der Waals surface area contributed by atoms with Crippen molar-refractivity contribution in [3.05, 3.63) is 29.6 Å². The number of ether oxygens (including phenoxy) is 1. The fourth-order valence-electron chi connectivity index (χ4n) is 3.46. The van der Waals surface area contributed by atoms with Crippen LogP contribution < -0.4 is 5.73 Å². The van der Waals surface area contributed by atoms with E-state index in [0.717, 1.165) is 37.9 Å². The first-order chi connectivity index (χ1) is 10.2. The number of amides is 1. The standard InChI is InChI=1S/C16H23N3O2.2ClH/c1-21-15-9-11(4-5-13(15)17)16(20)19-8-6-14-12(10-19)3-2-7-18-14;;/h2-3,7,11,13,15H,4-6,8-10,17H2,1H3;2*1H/t11-,13+,15+;;/m0../s1. The number of pyridine rings is 1. The zero-order chi connectivity index (χ0) is 14.8. The minimum atomic E-state index is 0. The molecule has 1 amide bonds. The average molecular weight is 362 g/mol. The lowest BCUT2D eigenvalue weighted by atomic mass is 9.83. The average Bonchev–Trinajstić information content (AvgIpc) is 2.54. The monoisotopic (exact) mass is 361 g/mol. The molecule has 1 aromatic heterocycles. The molecule has 0 aromatic carbocycles. The first-order valence-corrected chi connectivity index (χ1v) is 7.69. The van der Waals surface area contributed by atoms with Crippen molar-refractivity contribution in [1.82, 2.24) is 9.88 Å². The van der Waals surface area contributed by atoms with Crippen LogP contribution in [0.2, 0.25) is 0 Å². The van der Waals surface area contributed by atoms with Crippen molar-refractivity contribution in [1.29, 1.82) is 0 Å². The van der Waals surface area contributed by atoms with Gasteiger partial charge in [0.25, 0.3) is 0 Å². The summed E-state index contributed by atoms with van der Waals surface area (Å²) in [5, 5.41) is 0. The van der Waals surface area contributed by atoms with Crippen LogP contribution in [-0.2, 0) is 22.5 Å². The van der Waals surface area contributed by atoms with Crippen LogP contribution in [0.3, 0.4) is 0 Å². The fourth-order valence-corrected chi connectivity index (χ4v) is 3.46. The van der Waals surface area contributed by atoms with Crippen molar-refractivity contribution in [3.63, 3.8) is 0 Å². The largest absolute Gasteiger partial charge is 0.380 e. The number of halogens is 2. The van der Waals surface area contributed by atoms with Crippen molar-refractivity contribution < 1.29 is 9.53 Å². The van der Waals surface area contributed by atoms with Crippen molar-refractivity contribution in [2.45, 2.75) is 44.4 Å². The first-order valence-electron chi connectivity index (χ1n) is 7.69. The number of aromatic nitrogens is 1. The molecule has 0 saturated heterocycles. The second kappa shape index (κ2) is 8.83. The molecule has 2 N–H and O–H groups in total. The Morgan fingerprint density at radius 3 is 2.91 bits per heavy atom. The van der Waals surface area contributed by atoms with Crippen LogP contribution in [0, 0.1) is 5.92 Å². The van der Waals surface area contributed by atoms with E-state index in [0.29, 0.717) is 6.54 Å². The highest BCUT2D eigenvalue weighted by Gasteiger charge is 2.35. The number of fused-ring (bicyclic) bond motifs is 1. The van der Waals surface area contributed by atoms with Crippen LogP contribution >= 0.6 is 24.8 Å². The Labute approximate surface area is 149 Å². The number of rotatable bonds is 2. The molecule has 1 aliphatic carbocycles. The third-order valence-corrected chi connectivity index (χ3v) is 4.77. The van der Waals surface area contributed by atoms with Gasteiger partial charge in [-0.2, -0.15) is 0 Å². The summed E-state index contributed by atoms with van der Waals surface area (Å²) in [6.07, 6.45) is 5.15. The summed E-state index contributed by atoms with van der Waals surface area (Å²) in [5.74, 6) is 0.298. The van der Waals surface area contributed by atoms with Gasteiger partial charge in [0, 0.05) is 50.5 Å². The summed E-state index contributed by atoms with van der Waals surface area (Å²) in [7, 11) is 1.68. The maximum atomic E-state index is 12.7. The topological polar surface area (TPSA) is 68.5 Å². The number of methoxy groups -OCH3 is 1. The molecule has 7 heteroatoms. The second-order valence-corrected chi connectivity index (χ2v) is 6.07. The summed E-state index contributed by atoms with van der Waals surface area (Å²) >= 11 is 0. The molecule has 1 aromatic rings. The van der Waals surface area contributed by atoms with Gasteiger partial charge in [-0.3, -0.25) is 9.78 Å². The molecular formula is C16H25Cl2N3O2. The lowest BCUT2D eigenvalue weighted by molar-refractivity contribution is -0.139. The van der Waals surface area contributed by atoms with Gasteiger partial charge in [-0.05, 0) is 30.9 Å². The molecule has 1 fully saturated rings. The van der Waals surface area contributed by atoms with E-state index in [1.807, 2.05) is 17.2 Å². The van der Waals surface area contributed by atoms with E-state index in [2.05, 4.69) is 11.1 Å². The molecule has 1 saturated carbocycles. The van der Waals surface area contributed by atoms with Crippen LogP contribution in [0.1, 0.15) is 30.5 Å². The number of carbonyl (C=O) groups excluding carboxylic acids is 1. The molecule has 130 valence electrons. The van der Waals surface area contributed by atoms with Gasteiger partial charge in [0.15, 0.2) is 0 Å². The Morgan fingerprint density at radius 2 is 2.17 bits per heavy atom. The molecule has 23 heavy (non-hydrogen) atoms. The van der Waals surface area contributed by atoms with Gasteiger partial charge in [0.05, 0.1) is 6.10 Å². The molecule has 3 rings (SSSR count). The maximum Gasteiger partial charge on any atom is 0.226 e. The zero-order valence-electron chi connectivity index (χ0n) is 13.3. The summed E-state index contributed by atoms with van der Waals surface area (Å²) in [5.41, 5.74) is 8.34. The minimum Gasteiger partial charge on any atom is -0.380 e. The van der Waals surface area contributed by atoms with Gasteiger partial charge < -0.3 is 15.4 Å². The van der Waals surface area contributed by atoms with Gasteiger partial charge >= 0.3 is 0 Å². The van der Waals surface area contributed by atoms with Crippen LogP contribution in [-0.4, -0.2) is 41.6 Å². The predicted octanol–water partition coefficient (Wildman–Crippen LogP) is 1.95. The molecule has 0 bridgehead atoms. The number of hydrogen-bond donors (Lipinski definition) is 1. The Kier molecular flexibility index (Phi) is 7.74. The van der Waals surface area contributed by atoms with Gasteiger partial charge in [-0.1, -0.05) is 6.07 Å². The van der Waals surface area contributed by atoms with Gasteiger partial charge in [0.2, 0.25) is 5.91 Å². The Hall–Kier alpha value is -0.880. The minimum absolute atomic E-state index is 0. The summed E-state index contributed by atoms with van der Waals surface area (Å²) in [6.45, 7) is 1.45. The Balaban J connectivity index is 0.00000132. The van der Waals surface area contributed by atoms with Gasteiger partial charge in [-0.15, -0.1) is 24.8 Å². The molecule has 0 unspecified atom stereocenters. The van der Waals surface area contributed by atoms with Crippen LogP contribution in [0.25, 0.3) is 0 Å². The normalized spacial score (nSPS) is 26.5. The molecule has 3 atom stereocenters. The zero-order valence-corrected chi connectivity index (χ0v) is 14.9. The molecule has 5 nitrogen and oxygen atoms in total. The Bertz CT molecular complexity index is 530. The van der Waals surface area contributed by atoms with E-state index in [1.165, 1.54) is 5.56 Å². The Morgan fingerprint density at radius 1 is 1.39 bits per heavy atom. The quantitative estimate of drug-likeness (QED) is 0.873. The van der Waals surface area contributed by atoms with Gasteiger partial charge in [0.1, 0.15) is 0 Å².